The molecule has 0 aliphatic heterocycles. The Hall–Kier alpha value is -1.10. The summed E-state index contributed by atoms with van der Waals surface area (Å²) in [4.78, 5) is 21.9. The predicted octanol–water partition coefficient (Wildman–Crippen LogP) is 1.04. The lowest BCUT2D eigenvalue weighted by Gasteiger charge is -2.21. The third kappa shape index (κ3) is 1.51. The largest absolute Gasteiger partial charge is 0.480 e. The van der Waals surface area contributed by atoms with E-state index in [1.54, 1.807) is 12.3 Å². The van der Waals surface area contributed by atoms with E-state index in [4.69, 9.17) is 5.11 Å². The highest BCUT2D eigenvalue weighted by molar-refractivity contribution is 7.07. The van der Waals surface area contributed by atoms with Gasteiger partial charge in [0.05, 0.1) is 0 Å². The van der Waals surface area contributed by atoms with Crippen molar-refractivity contribution in [2.24, 2.45) is 0 Å². The highest BCUT2D eigenvalue weighted by atomic mass is 32.1. The summed E-state index contributed by atoms with van der Waals surface area (Å²) < 4.78 is 1.29. The van der Waals surface area contributed by atoms with E-state index in [1.165, 1.54) is 18.4 Å². The van der Waals surface area contributed by atoms with Crippen LogP contribution in [0.5, 0.6) is 0 Å². The lowest BCUT2D eigenvalue weighted by molar-refractivity contribution is -0.145. The van der Waals surface area contributed by atoms with E-state index >= 15 is 0 Å². The van der Waals surface area contributed by atoms with Crippen LogP contribution in [0.1, 0.15) is 19.5 Å². The molecule has 0 radical (unpaired) electrons. The number of hydrogen-bond donors (Lipinski definition) is 1. The van der Waals surface area contributed by atoms with Gasteiger partial charge in [0, 0.05) is 11.1 Å². The molecule has 0 bridgehead atoms. The minimum atomic E-state index is -1.17. The Morgan fingerprint density at radius 1 is 1.62 bits per heavy atom. The van der Waals surface area contributed by atoms with Crippen LogP contribution in [0.2, 0.25) is 0 Å². The maximum absolute atomic E-state index is 11.3. The van der Waals surface area contributed by atoms with Crippen molar-refractivity contribution < 1.29 is 9.90 Å². The van der Waals surface area contributed by atoms with Crippen LogP contribution in [0.4, 0.5) is 0 Å². The minimum Gasteiger partial charge on any atom is -0.480 e. The van der Waals surface area contributed by atoms with E-state index < -0.39 is 11.5 Å². The normalized spacial score (nSPS) is 11.6. The van der Waals surface area contributed by atoms with Crippen LogP contribution in [0.15, 0.2) is 10.2 Å². The van der Waals surface area contributed by atoms with Gasteiger partial charge in [-0.2, -0.15) is 0 Å². The molecule has 72 valence electrons. The molecule has 0 amide bonds. The smallest absolute Gasteiger partial charge is 0.329 e. The highest BCUT2D eigenvalue weighted by Gasteiger charge is 2.31. The molecule has 1 heterocycles. The standard InChI is InChI=1S/C8H11NO3S/c1-5-4-13-7(12)9(5)8(2,3)6(10)11/h4H,1-3H3,(H,10,11). The van der Waals surface area contributed by atoms with Crippen LogP contribution >= 0.6 is 11.3 Å². The number of aromatic nitrogens is 1. The van der Waals surface area contributed by atoms with E-state index in [1.807, 2.05) is 0 Å². The number of thiazole rings is 1. The van der Waals surface area contributed by atoms with Crippen molar-refractivity contribution in [2.75, 3.05) is 0 Å². The summed E-state index contributed by atoms with van der Waals surface area (Å²) in [5, 5.41) is 10.6. The zero-order chi connectivity index (χ0) is 10.2. The van der Waals surface area contributed by atoms with Gasteiger partial charge in [-0.05, 0) is 20.8 Å². The number of carboxylic acid groups (broad SMARTS) is 1. The van der Waals surface area contributed by atoms with Gasteiger partial charge in [0.2, 0.25) is 0 Å². The summed E-state index contributed by atoms with van der Waals surface area (Å²) in [6.45, 7) is 4.75. The average Bonchev–Trinajstić information content (AvgIpc) is 2.30. The Morgan fingerprint density at radius 2 is 2.15 bits per heavy atom. The first-order valence-corrected chi connectivity index (χ1v) is 4.66. The number of carboxylic acids is 1. The fraction of sp³-hybridized carbons (Fsp3) is 0.500. The fourth-order valence-corrected chi connectivity index (χ4v) is 2.00. The third-order valence-electron chi connectivity index (χ3n) is 1.95. The SMILES string of the molecule is Cc1csc(=O)n1C(C)(C)C(=O)O. The van der Waals surface area contributed by atoms with Crippen molar-refractivity contribution in [3.63, 3.8) is 0 Å². The molecule has 13 heavy (non-hydrogen) atoms. The molecule has 1 rings (SSSR count). The Labute approximate surface area is 79.4 Å². The molecule has 0 spiro atoms. The van der Waals surface area contributed by atoms with Gasteiger partial charge in [-0.1, -0.05) is 11.3 Å². The van der Waals surface area contributed by atoms with Crippen LogP contribution < -0.4 is 4.87 Å². The van der Waals surface area contributed by atoms with E-state index in [9.17, 15) is 9.59 Å². The second-order valence-electron chi connectivity index (χ2n) is 3.34. The van der Waals surface area contributed by atoms with Crippen LogP contribution in [-0.2, 0) is 10.3 Å². The molecule has 0 unspecified atom stereocenters. The van der Waals surface area contributed by atoms with E-state index in [0.717, 1.165) is 11.3 Å². The molecule has 0 saturated carbocycles. The minimum absolute atomic E-state index is 0.232. The van der Waals surface area contributed by atoms with Gasteiger partial charge in [0.15, 0.2) is 0 Å². The van der Waals surface area contributed by atoms with Crippen LogP contribution in [-0.4, -0.2) is 15.6 Å². The Morgan fingerprint density at radius 3 is 2.46 bits per heavy atom. The molecule has 1 aromatic rings. The molecule has 0 saturated heterocycles. The number of aliphatic carboxylic acids is 1. The van der Waals surface area contributed by atoms with Gasteiger partial charge in [-0.25, -0.2) is 4.79 Å². The summed E-state index contributed by atoms with van der Waals surface area (Å²) in [6.07, 6.45) is 0. The van der Waals surface area contributed by atoms with Crippen LogP contribution in [0.3, 0.4) is 0 Å². The van der Waals surface area contributed by atoms with Crippen molar-refractivity contribution in [3.8, 4) is 0 Å². The molecule has 0 atom stereocenters. The number of carbonyl (C=O) groups is 1. The summed E-state index contributed by atoms with van der Waals surface area (Å²) in [5.74, 6) is -1.00. The number of rotatable bonds is 2. The summed E-state index contributed by atoms with van der Waals surface area (Å²) in [6, 6.07) is 0. The zero-order valence-electron chi connectivity index (χ0n) is 7.70. The Balaban J connectivity index is 3.37. The topological polar surface area (TPSA) is 59.3 Å². The molecule has 5 heteroatoms. The van der Waals surface area contributed by atoms with Gasteiger partial charge >= 0.3 is 10.8 Å². The summed E-state index contributed by atoms with van der Waals surface area (Å²) >= 11 is 1.02. The molecular weight excluding hydrogens is 190 g/mol. The van der Waals surface area contributed by atoms with Crippen LogP contribution in [0, 0.1) is 6.92 Å². The number of aryl methyl sites for hydroxylation is 1. The van der Waals surface area contributed by atoms with Gasteiger partial charge in [-0.3, -0.25) is 9.36 Å². The number of hydrogen-bond acceptors (Lipinski definition) is 3. The fourth-order valence-electron chi connectivity index (χ4n) is 1.15. The quantitative estimate of drug-likeness (QED) is 0.777. The first kappa shape index (κ1) is 9.98. The van der Waals surface area contributed by atoms with E-state index in [-0.39, 0.29) is 4.87 Å². The van der Waals surface area contributed by atoms with Gasteiger partial charge in [0.25, 0.3) is 0 Å². The summed E-state index contributed by atoms with van der Waals surface area (Å²) in [5.41, 5.74) is -0.483. The van der Waals surface area contributed by atoms with Gasteiger partial charge < -0.3 is 5.11 Å². The first-order chi connectivity index (χ1) is 5.87. The molecule has 0 aliphatic carbocycles. The highest BCUT2D eigenvalue weighted by Crippen LogP contribution is 2.16. The Kier molecular flexibility index (Phi) is 2.30. The Bertz CT molecular complexity index is 388. The van der Waals surface area contributed by atoms with Gasteiger partial charge in [-0.15, -0.1) is 0 Å². The average molecular weight is 201 g/mol. The van der Waals surface area contributed by atoms with Crippen molar-refractivity contribution in [1.29, 1.82) is 0 Å². The zero-order valence-corrected chi connectivity index (χ0v) is 8.51. The maximum Gasteiger partial charge on any atom is 0.329 e. The monoisotopic (exact) mass is 201 g/mol. The molecule has 0 aliphatic rings. The van der Waals surface area contributed by atoms with Crippen molar-refractivity contribution >= 4 is 17.3 Å². The second-order valence-corrected chi connectivity index (χ2v) is 4.16. The van der Waals surface area contributed by atoms with Crippen molar-refractivity contribution in [3.05, 3.63) is 20.7 Å². The maximum atomic E-state index is 11.3. The molecule has 1 N–H and O–H groups in total. The molecule has 0 aromatic carbocycles. The molecule has 4 nitrogen and oxygen atoms in total. The predicted molar refractivity (Wildman–Crippen MR) is 50.3 cm³/mol. The van der Waals surface area contributed by atoms with Crippen molar-refractivity contribution in [1.82, 2.24) is 4.57 Å². The van der Waals surface area contributed by atoms with Crippen molar-refractivity contribution in [2.45, 2.75) is 26.3 Å². The van der Waals surface area contributed by atoms with E-state index in [0.29, 0.717) is 5.69 Å². The second kappa shape index (κ2) is 2.99. The third-order valence-corrected chi connectivity index (χ3v) is 2.79. The first-order valence-electron chi connectivity index (χ1n) is 3.78. The molecular formula is C8H11NO3S. The van der Waals surface area contributed by atoms with E-state index in [2.05, 4.69) is 0 Å². The lowest BCUT2D eigenvalue weighted by Crippen LogP contribution is -2.41. The summed E-state index contributed by atoms with van der Waals surface area (Å²) in [7, 11) is 0. The lowest BCUT2D eigenvalue weighted by atomic mass is 10.1. The molecule has 0 fully saturated rings. The number of nitrogens with zero attached hydrogens (tertiary/aromatic N) is 1. The van der Waals surface area contributed by atoms with Gasteiger partial charge in [0.1, 0.15) is 5.54 Å². The van der Waals surface area contributed by atoms with Crippen LogP contribution in [0.25, 0.3) is 0 Å². The molecule has 1 aromatic heterocycles.